The lowest BCUT2D eigenvalue weighted by Crippen LogP contribution is -2.27. The van der Waals surface area contributed by atoms with Gasteiger partial charge in [0.2, 0.25) is 0 Å². The Labute approximate surface area is 134 Å². The Morgan fingerprint density at radius 2 is 1.59 bits per heavy atom. The van der Waals surface area contributed by atoms with Gasteiger partial charge in [-0.15, -0.1) is 0 Å². The van der Waals surface area contributed by atoms with Gasteiger partial charge in [0.25, 0.3) is 0 Å². The maximum atomic E-state index is 13.1. The summed E-state index contributed by atoms with van der Waals surface area (Å²) in [4.78, 5) is 0. The van der Waals surface area contributed by atoms with E-state index < -0.39 is 0 Å². The maximum absolute atomic E-state index is 13.1. The van der Waals surface area contributed by atoms with Crippen molar-refractivity contribution >= 4 is 0 Å². The molecule has 2 heteroatoms. The van der Waals surface area contributed by atoms with E-state index in [1.165, 1.54) is 63.5 Å². The summed E-state index contributed by atoms with van der Waals surface area (Å²) in [6, 6.07) is 6.50. The monoisotopic (exact) mass is 304 g/mol. The molecule has 0 bridgehead atoms. The van der Waals surface area contributed by atoms with Crippen LogP contribution in [0.4, 0.5) is 4.39 Å². The first-order valence-corrected chi connectivity index (χ1v) is 9.09. The molecule has 2 aliphatic rings. The smallest absolute Gasteiger partial charge is 0.126 e. The molecule has 2 saturated carbocycles. The van der Waals surface area contributed by atoms with E-state index in [0.29, 0.717) is 11.7 Å². The van der Waals surface area contributed by atoms with Gasteiger partial charge in [-0.1, -0.05) is 25.8 Å². The third-order valence-corrected chi connectivity index (χ3v) is 5.90. The van der Waals surface area contributed by atoms with Crippen molar-refractivity contribution in [2.45, 2.75) is 58.3 Å². The van der Waals surface area contributed by atoms with E-state index in [-0.39, 0.29) is 5.82 Å². The molecule has 3 rings (SSSR count). The average Bonchev–Trinajstić information content (AvgIpc) is 2.54. The first-order valence-electron chi connectivity index (χ1n) is 9.09. The van der Waals surface area contributed by atoms with Crippen molar-refractivity contribution in [1.29, 1.82) is 0 Å². The number of benzene rings is 1. The van der Waals surface area contributed by atoms with Gasteiger partial charge < -0.3 is 4.74 Å². The van der Waals surface area contributed by atoms with Gasteiger partial charge >= 0.3 is 0 Å². The number of hydrogen-bond donors (Lipinski definition) is 0. The number of rotatable bonds is 4. The zero-order chi connectivity index (χ0) is 15.4. The fourth-order valence-corrected chi connectivity index (χ4v) is 4.35. The molecule has 0 heterocycles. The van der Waals surface area contributed by atoms with Crippen LogP contribution in [0.25, 0.3) is 0 Å². The van der Waals surface area contributed by atoms with Crippen molar-refractivity contribution < 1.29 is 9.13 Å². The highest BCUT2D eigenvalue weighted by Crippen LogP contribution is 2.41. The predicted molar refractivity (Wildman–Crippen MR) is 88.5 cm³/mol. The SMILES string of the molecule is CC1CCC(C2CCC(COc3cccc(F)c3)CC2)CC1. The molecule has 0 aromatic heterocycles. The topological polar surface area (TPSA) is 9.23 Å². The summed E-state index contributed by atoms with van der Waals surface area (Å²) in [5, 5.41) is 0. The third-order valence-electron chi connectivity index (χ3n) is 5.90. The summed E-state index contributed by atoms with van der Waals surface area (Å²) in [7, 11) is 0. The lowest BCUT2D eigenvalue weighted by molar-refractivity contribution is 0.126. The highest BCUT2D eigenvalue weighted by molar-refractivity contribution is 5.22. The maximum Gasteiger partial charge on any atom is 0.126 e. The minimum absolute atomic E-state index is 0.215. The zero-order valence-electron chi connectivity index (χ0n) is 13.8. The third kappa shape index (κ3) is 4.24. The van der Waals surface area contributed by atoms with Crippen LogP contribution in [0.5, 0.6) is 5.75 Å². The molecule has 1 nitrogen and oxygen atoms in total. The molecule has 22 heavy (non-hydrogen) atoms. The highest BCUT2D eigenvalue weighted by Gasteiger charge is 2.30. The lowest BCUT2D eigenvalue weighted by atomic mass is 9.69. The van der Waals surface area contributed by atoms with Gasteiger partial charge in [-0.05, 0) is 74.3 Å². The molecule has 2 fully saturated rings. The standard InChI is InChI=1S/C20H29FO/c1-15-5-9-17(10-6-15)18-11-7-16(8-12-18)14-22-20-4-2-3-19(21)13-20/h2-4,13,15-18H,5-12,14H2,1H3. The lowest BCUT2D eigenvalue weighted by Gasteiger charge is -2.37. The van der Waals surface area contributed by atoms with Crippen LogP contribution >= 0.6 is 0 Å². The van der Waals surface area contributed by atoms with E-state index in [2.05, 4.69) is 6.92 Å². The van der Waals surface area contributed by atoms with Gasteiger partial charge in [0, 0.05) is 6.07 Å². The summed E-state index contributed by atoms with van der Waals surface area (Å²) in [6.07, 6.45) is 11.1. The molecule has 0 spiro atoms. The normalized spacial score (nSPS) is 32.6. The molecule has 0 unspecified atom stereocenters. The van der Waals surface area contributed by atoms with Gasteiger partial charge in [-0.3, -0.25) is 0 Å². The Morgan fingerprint density at radius 3 is 2.23 bits per heavy atom. The Kier molecular flexibility index (Phi) is 5.38. The van der Waals surface area contributed by atoms with E-state index in [1.807, 2.05) is 6.07 Å². The Bertz CT molecular complexity index is 457. The first kappa shape index (κ1) is 15.8. The number of halogens is 1. The van der Waals surface area contributed by atoms with E-state index in [1.54, 1.807) is 6.07 Å². The number of hydrogen-bond acceptors (Lipinski definition) is 1. The summed E-state index contributed by atoms with van der Waals surface area (Å²) >= 11 is 0. The van der Waals surface area contributed by atoms with Crippen LogP contribution in [0.15, 0.2) is 24.3 Å². The molecule has 1 aromatic rings. The second kappa shape index (κ2) is 7.48. The van der Waals surface area contributed by atoms with Gasteiger partial charge in [0.1, 0.15) is 11.6 Å². The summed E-state index contributed by atoms with van der Waals surface area (Å²) in [5.41, 5.74) is 0. The fourth-order valence-electron chi connectivity index (χ4n) is 4.35. The molecule has 2 aliphatic carbocycles. The van der Waals surface area contributed by atoms with Crippen molar-refractivity contribution in [1.82, 2.24) is 0 Å². The summed E-state index contributed by atoms with van der Waals surface area (Å²) < 4.78 is 18.9. The van der Waals surface area contributed by atoms with Crippen molar-refractivity contribution in [3.05, 3.63) is 30.1 Å². The van der Waals surface area contributed by atoms with Gasteiger partial charge in [-0.25, -0.2) is 4.39 Å². The Hall–Kier alpha value is -1.05. The molecular weight excluding hydrogens is 275 g/mol. The van der Waals surface area contributed by atoms with Crippen molar-refractivity contribution in [2.24, 2.45) is 23.7 Å². The molecule has 0 radical (unpaired) electrons. The van der Waals surface area contributed by atoms with E-state index in [9.17, 15) is 4.39 Å². The average molecular weight is 304 g/mol. The number of ether oxygens (including phenoxy) is 1. The van der Waals surface area contributed by atoms with Crippen LogP contribution in [-0.2, 0) is 0 Å². The second-order valence-corrected chi connectivity index (χ2v) is 7.57. The Morgan fingerprint density at radius 1 is 0.955 bits per heavy atom. The molecule has 0 aliphatic heterocycles. The van der Waals surface area contributed by atoms with Gasteiger partial charge in [0.15, 0.2) is 0 Å². The van der Waals surface area contributed by atoms with Gasteiger partial charge in [0.05, 0.1) is 6.61 Å². The van der Waals surface area contributed by atoms with Crippen molar-refractivity contribution in [3.63, 3.8) is 0 Å². The zero-order valence-corrected chi connectivity index (χ0v) is 13.8. The summed E-state index contributed by atoms with van der Waals surface area (Å²) in [6.45, 7) is 3.15. The second-order valence-electron chi connectivity index (χ2n) is 7.57. The summed E-state index contributed by atoms with van der Waals surface area (Å²) in [5.74, 6) is 4.00. The van der Waals surface area contributed by atoms with Crippen LogP contribution in [0.2, 0.25) is 0 Å². The molecule has 0 atom stereocenters. The van der Waals surface area contributed by atoms with E-state index in [4.69, 9.17) is 4.74 Å². The molecule has 1 aromatic carbocycles. The Balaban J connectivity index is 1.40. The predicted octanol–water partition coefficient (Wildman–Crippen LogP) is 5.84. The van der Waals surface area contributed by atoms with Crippen LogP contribution in [0.3, 0.4) is 0 Å². The van der Waals surface area contributed by atoms with Crippen LogP contribution in [-0.4, -0.2) is 6.61 Å². The van der Waals surface area contributed by atoms with Crippen LogP contribution < -0.4 is 4.74 Å². The fraction of sp³-hybridized carbons (Fsp3) is 0.700. The molecule has 0 amide bonds. The molecule has 122 valence electrons. The van der Waals surface area contributed by atoms with E-state index >= 15 is 0 Å². The van der Waals surface area contributed by atoms with Crippen LogP contribution in [0, 0.1) is 29.5 Å². The molecule has 0 saturated heterocycles. The van der Waals surface area contributed by atoms with Crippen LogP contribution in [0.1, 0.15) is 58.3 Å². The molecular formula is C20H29FO. The van der Waals surface area contributed by atoms with Gasteiger partial charge in [-0.2, -0.15) is 0 Å². The highest BCUT2D eigenvalue weighted by atomic mass is 19.1. The molecule has 0 N–H and O–H groups in total. The largest absolute Gasteiger partial charge is 0.493 e. The van der Waals surface area contributed by atoms with Crippen molar-refractivity contribution in [2.75, 3.05) is 6.61 Å². The first-order chi connectivity index (χ1) is 10.7. The minimum Gasteiger partial charge on any atom is -0.493 e. The van der Waals surface area contributed by atoms with Crippen molar-refractivity contribution in [3.8, 4) is 5.75 Å². The quantitative estimate of drug-likeness (QED) is 0.679. The van der Waals surface area contributed by atoms with E-state index in [0.717, 1.165) is 24.4 Å². The minimum atomic E-state index is -0.215.